The van der Waals surface area contributed by atoms with Crippen molar-refractivity contribution in [2.24, 2.45) is 0 Å². The van der Waals surface area contributed by atoms with Crippen LogP contribution in [0.2, 0.25) is 0 Å². The minimum Gasteiger partial charge on any atom is -0.309 e. The van der Waals surface area contributed by atoms with E-state index < -0.39 is 0 Å². The second kappa shape index (κ2) is 10.7. The van der Waals surface area contributed by atoms with Crippen LogP contribution in [0.5, 0.6) is 0 Å². The van der Waals surface area contributed by atoms with Crippen molar-refractivity contribution in [2.75, 3.05) is 4.90 Å². The standard InChI is InChI=1S/C47H33NS/c1-47(2)39-19-10-8-18-37(39)45-40(47)20-12-21-41(45)48(33-25-23-31(24-26-33)30-13-4-3-5-14-30)42-29-32-15-6-7-16-34(32)44-38(42)28-27-36-35-17-9-11-22-43(35)49-46(36)44/h3-29H,1-2H3. The topological polar surface area (TPSA) is 3.24 Å². The van der Waals surface area contributed by atoms with Crippen LogP contribution in [0.25, 0.3) is 64.0 Å². The van der Waals surface area contributed by atoms with Crippen LogP contribution < -0.4 is 4.90 Å². The summed E-state index contributed by atoms with van der Waals surface area (Å²) in [6.07, 6.45) is 0. The fraction of sp³-hybridized carbons (Fsp3) is 0.0638. The van der Waals surface area contributed by atoms with E-state index in [4.69, 9.17) is 0 Å². The van der Waals surface area contributed by atoms with E-state index in [0.29, 0.717) is 0 Å². The summed E-state index contributed by atoms with van der Waals surface area (Å²) in [7, 11) is 0. The van der Waals surface area contributed by atoms with Crippen LogP contribution in [-0.4, -0.2) is 0 Å². The molecule has 0 bridgehead atoms. The molecule has 0 saturated heterocycles. The summed E-state index contributed by atoms with van der Waals surface area (Å²) >= 11 is 1.91. The van der Waals surface area contributed by atoms with Crippen LogP contribution in [0.15, 0.2) is 164 Å². The van der Waals surface area contributed by atoms with Crippen LogP contribution in [-0.2, 0) is 5.41 Å². The largest absolute Gasteiger partial charge is 0.309 e. The third-order valence-electron chi connectivity index (χ3n) is 10.6. The van der Waals surface area contributed by atoms with Crippen LogP contribution in [0.3, 0.4) is 0 Å². The SMILES string of the molecule is CC1(C)c2ccccc2-c2c(N(c3ccc(-c4ccccc4)cc3)c3cc4ccccc4c4c3ccc3c5ccccc5sc34)cccc21. The van der Waals surface area contributed by atoms with Gasteiger partial charge in [-0.25, -0.2) is 0 Å². The van der Waals surface area contributed by atoms with Gasteiger partial charge < -0.3 is 4.90 Å². The van der Waals surface area contributed by atoms with Crippen molar-refractivity contribution in [3.05, 3.63) is 175 Å². The minimum atomic E-state index is -0.0978. The Balaban J connectivity index is 1.31. The number of hydrogen-bond acceptors (Lipinski definition) is 2. The Labute approximate surface area is 290 Å². The first-order valence-corrected chi connectivity index (χ1v) is 17.8. The maximum absolute atomic E-state index is 2.53. The summed E-state index contributed by atoms with van der Waals surface area (Å²) in [6, 6.07) is 60.5. The number of anilines is 3. The molecule has 10 rings (SSSR count). The Kier molecular flexibility index (Phi) is 6.16. The Morgan fingerprint density at radius 3 is 2.02 bits per heavy atom. The maximum atomic E-state index is 2.53. The molecule has 0 unspecified atom stereocenters. The molecule has 2 heteroatoms. The molecule has 0 aliphatic heterocycles. The first-order valence-electron chi connectivity index (χ1n) is 17.0. The van der Waals surface area contributed by atoms with Crippen molar-refractivity contribution in [3.63, 3.8) is 0 Å². The van der Waals surface area contributed by atoms with Crippen LogP contribution in [0, 0.1) is 0 Å². The first kappa shape index (κ1) is 28.3. The maximum Gasteiger partial charge on any atom is 0.0547 e. The molecule has 1 aromatic heterocycles. The summed E-state index contributed by atoms with van der Waals surface area (Å²) < 4.78 is 2.67. The lowest BCUT2D eigenvalue weighted by atomic mass is 9.82. The fourth-order valence-electron chi connectivity index (χ4n) is 8.29. The van der Waals surface area contributed by atoms with Gasteiger partial charge in [0.1, 0.15) is 0 Å². The molecule has 1 heterocycles. The van der Waals surface area contributed by atoms with Gasteiger partial charge >= 0.3 is 0 Å². The highest BCUT2D eigenvalue weighted by Crippen LogP contribution is 2.55. The van der Waals surface area contributed by atoms with E-state index in [1.807, 2.05) is 11.3 Å². The molecule has 1 aliphatic carbocycles. The Bertz CT molecular complexity index is 2730. The summed E-state index contributed by atoms with van der Waals surface area (Å²) in [5, 5.41) is 7.77. The molecular weight excluding hydrogens is 611 g/mol. The predicted molar refractivity (Wildman–Crippen MR) is 212 cm³/mol. The molecular formula is C47H33NS. The molecule has 1 aliphatic rings. The third-order valence-corrected chi connectivity index (χ3v) is 11.8. The van der Waals surface area contributed by atoms with Crippen LogP contribution in [0.1, 0.15) is 25.0 Å². The lowest BCUT2D eigenvalue weighted by Gasteiger charge is -2.30. The van der Waals surface area contributed by atoms with Crippen molar-refractivity contribution >= 4 is 70.1 Å². The van der Waals surface area contributed by atoms with Crippen molar-refractivity contribution in [3.8, 4) is 22.3 Å². The lowest BCUT2D eigenvalue weighted by Crippen LogP contribution is -2.16. The summed E-state index contributed by atoms with van der Waals surface area (Å²) in [6.45, 7) is 4.73. The van der Waals surface area contributed by atoms with E-state index in [9.17, 15) is 0 Å². The molecule has 0 fully saturated rings. The van der Waals surface area contributed by atoms with E-state index >= 15 is 0 Å². The van der Waals surface area contributed by atoms with Gasteiger partial charge in [-0.2, -0.15) is 0 Å². The molecule has 8 aromatic carbocycles. The fourth-order valence-corrected chi connectivity index (χ4v) is 9.56. The second-order valence-electron chi connectivity index (χ2n) is 13.7. The Morgan fingerprint density at radius 1 is 0.490 bits per heavy atom. The van der Waals surface area contributed by atoms with Crippen LogP contribution >= 0.6 is 11.3 Å². The zero-order chi connectivity index (χ0) is 32.7. The van der Waals surface area contributed by atoms with E-state index in [1.165, 1.54) is 86.5 Å². The number of nitrogens with zero attached hydrogens (tertiary/aromatic N) is 1. The molecule has 0 atom stereocenters. The van der Waals surface area contributed by atoms with Crippen molar-refractivity contribution < 1.29 is 0 Å². The molecule has 9 aromatic rings. The van der Waals surface area contributed by atoms with E-state index in [1.54, 1.807) is 0 Å². The second-order valence-corrected chi connectivity index (χ2v) is 14.8. The number of thiophene rings is 1. The minimum absolute atomic E-state index is 0.0978. The van der Waals surface area contributed by atoms with Gasteiger partial charge in [-0.1, -0.05) is 147 Å². The van der Waals surface area contributed by atoms with E-state index in [-0.39, 0.29) is 5.41 Å². The zero-order valence-corrected chi connectivity index (χ0v) is 28.3. The molecule has 0 spiro atoms. The highest BCUT2D eigenvalue weighted by atomic mass is 32.1. The molecule has 49 heavy (non-hydrogen) atoms. The third kappa shape index (κ3) is 4.17. The number of benzene rings is 8. The van der Waals surface area contributed by atoms with Gasteiger partial charge in [-0.05, 0) is 68.9 Å². The van der Waals surface area contributed by atoms with Crippen molar-refractivity contribution in [1.29, 1.82) is 0 Å². The first-order chi connectivity index (χ1) is 24.1. The van der Waals surface area contributed by atoms with Gasteiger partial charge in [-0.15, -0.1) is 11.3 Å². The van der Waals surface area contributed by atoms with Crippen molar-refractivity contribution in [2.45, 2.75) is 19.3 Å². The molecule has 0 N–H and O–H groups in total. The molecule has 0 saturated carbocycles. The van der Waals surface area contributed by atoms with Crippen LogP contribution in [0.4, 0.5) is 17.1 Å². The predicted octanol–water partition coefficient (Wildman–Crippen LogP) is 13.8. The van der Waals surface area contributed by atoms with Gasteiger partial charge in [0.05, 0.1) is 11.4 Å². The quantitative estimate of drug-likeness (QED) is 0.173. The number of hydrogen-bond donors (Lipinski definition) is 0. The highest BCUT2D eigenvalue weighted by molar-refractivity contribution is 7.26. The average molecular weight is 644 g/mol. The monoisotopic (exact) mass is 643 g/mol. The molecule has 232 valence electrons. The van der Waals surface area contributed by atoms with E-state index in [2.05, 4.69) is 183 Å². The number of rotatable bonds is 4. The average Bonchev–Trinajstić information content (AvgIpc) is 3.65. The molecule has 0 radical (unpaired) electrons. The number of fused-ring (bicyclic) bond motifs is 10. The highest BCUT2D eigenvalue weighted by Gasteiger charge is 2.38. The molecule has 1 nitrogen and oxygen atoms in total. The summed E-state index contributed by atoms with van der Waals surface area (Å²) in [5.74, 6) is 0. The van der Waals surface area contributed by atoms with Gasteiger partial charge in [0, 0.05) is 47.6 Å². The van der Waals surface area contributed by atoms with Gasteiger partial charge in [0.25, 0.3) is 0 Å². The Morgan fingerprint density at radius 2 is 1.16 bits per heavy atom. The summed E-state index contributed by atoms with van der Waals surface area (Å²) in [4.78, 5) is 2.53. The van der Waals surface area contributed by atoms with E-state index in [0.717, 1.165) is 5.69 Å². The van der Waals surface area contributed by atoms with Gasteiger partial charge in [0.15, 0.2) is 0 Å². The van der Waals surface area contributed by atoms with Gasteiger partial charge in [-0.3, -0.25) is 0 Å². The zero-order valence-electron chi connectivity index (χ0n) is 27.4. The normalized spacial score (nSPS) is 13.3. The molecule has 0 amide bonds. The summed E-state index contributed by atoms with van der Waals surface area (Å²) in [5.41, 5.74) is 11.3. The van der Waals surface area contributed by atoms with Gasteiger partial charge in [0.2, 0.25) is 0 Å². The lowest BCUT2D eigenvalue weighted by molar-refractivity contribution is 0.660. The van der Waals surface area contributed by atoms with Crippen molar-refractivity contribution in [1.82, 2.24) is 0 Å². The Hall–Kier alpha value is -5.70. The smallest absolute Gasteiger partial charge is 0.0547 e.